The molecular formula is C26H23F2N3O4. The first kappa shape index (κ1) is 23.9. The van der Waals surface area contributed by atoms with Gasteiger partial charge in [-0.3, -0.25) is 18.7 Å². The first-order valence-corrected chi connectivity index (χ1v) is 11.0. The minimum absolute atomic E-state index is 0.0130. The quantitative estimate of drug-likeness (QED) is 0.414. The number of benzene rings is 3. The molecule has 0 spiro atoms. The number of nitrogens with one attached hydrogen (secondary N) is 1. The minimum atomic E-state index is -2.99. The zero-order valence-corrected chi connectivity index (χ0v) is 18.9. The van der Waals surface area contributed by atoms with E-state index < -0.39 is 23.8 Å². The number of nitrogens with zero attached hydrogens (tertiary/aromatic N) is 2. The maximum absolute atomic E-state index is 12.9. The molecule has 1 aromatic heterocycles. The highest BCUT2D eigenvalue weighted by Crippen LogP contribution is 2.27. The third-order valence-corrected chi connectivity index (χ3v) is 5.55. The van der Waals surface area contributed by atoms with Gasteiger partial charge in [-0.05, 0) is 42.8 Å². The van der Waals surface area contributed by atoms with Gasteiger partial charge in [-0.2, -0.15) is 8.78 Å². The number of fused-ring (bicyclic) bond motifs is 1. The summed E-state index contributed by atoms with van der Waals surface area (Å²) in [5.74, 6) is -0.495. The van der Waals surface area contributed by atoms with Gasteiger partial charge >= 0.3 is 12.3 Å². The number of para-hydroxylation sites is 1. The lowest BCUT2D eigenvalue weighted by Gasteiger charge is -2.15. The van der Waals surface area contributed by atoms with Gasteiger partial charge in [0, 0.05) is 24.2 Å². The molecule has 4 aromatic rings. The molecule has 0 atom stereocenters. The van der Waals surface area contributed by atoms with E-state index in [0.29, 0.717) is 28.6 Å². The molecule has 9 heteroatoms. The predicted molar refractivity (Wildman–Crippen MR) is 129 cm³/mol. The molecule has 35 heavy (non-hydrogen) atoms. The zero-order valence-electron chi connectivity index (χ0n) is 18.9. The van der Waals surface area contributed by atoms with Crippen molar-refractivity contribution in [3.63, 3.8) is 0 Å². The molecule has 180 valence electrons. The highest BCUT2D eigenvalue weighted by atomic mass is 19.3. The third-order valence-electron chi connectivity index (χ3n) is 5.55. The molecular weight excluding hydrogens is 456 g/mol. The van der Waals surface area contributed by atoms with E-state index in [-0.39, 0.29) is 18.8 Å². The van der Waals surface area contributed by atoms with Crippen molar-refractivity contribution in [2.75, 3.05) is 5.32 Å². The number of hydrogen-bond donors (Lipinski definition) is 1. The standard InChI is InChI=1S/C26H23F2N3O4/c1-2-30-24(33)20-10-6-7-11-21(20)31(26(30)34)16-23(32)29-19-12-13-22(35-25(27)28)18(15-19)14-17-8-4-3-5-9-17/h3-13,15,25H,2,14,16H2,1H3,(H,29,32). The molecule has 0 aliphatic carbocycles. The number of amides is 1. The van der Waals surface area contributed by atoms with Crippen molar-refractivity contribution in [1.29, 1.82) is 0 Å². The number of aromatic nitrogens is 2. The summed E-state index contributed by atoms with van der Waals surface area (Å²) in [6, 6.07) is 20.2. The molecule has 7 nitrogen and oxygen atoms in total. The van der Waals surface area contributed by atoms with E-state index in [2.05, 4.69) is 10.1 Å². The lowest BCUT2D eigenvalue weighted by Crippen LogP contribution is -2.41. The van der Waals surface area contributed by atoms with Gasteiger partial charge in [0.05, 0.1) is 10.9 Å². The van der Waals surface area contributed by atoms with E-state index in [4.69, 9.17) is 0 Å². The van der Waals surface area contributed by atoms with Gasteiger partial charge in [-0.25, -0.2) is 4.79 Å². The number of halogens is 2. The van der Waals surface area contributed by atoms with Crippen molar-refractivity contribution in [2.24, 2.45) is 0 Å². The van der Waals surface area contributed by atoms with Gasteiger partial charge in [0.25, 0.3) is 5.56 Å². The van der Waals surface area contributed by atoms with Crippen LogP contribution in [0, 0.1) is 0 Å². The SMILES string of the molecule is CCn1c(=O)c2ccccc2n(CC(=O)Nc2ccc(OC(F)F)c(Cc3ccccc3)c2)c1=O. The predicted octanol–water partition coefficient (Wildman–Crippen LogP) is 4.01. The minimum Gasteiger partial charge on any atom is -0.435 e. The van der Waals surface area contributed by atoms with E-state index in [1.54, 1.807) is 37.3 Å². The maximum atomic E-state index is 12.9. The summed E-state index contributed by atoms with van der Waals surface area (Å²) in [6.07, 6.45) is 0.318. The van der Waals surface area contributed by atoms with Gasteiger partial charge in [0.2, 0.25) is 5.91 Å². The fourth-order valence-electron chi connectivity index (χ4n) is 3.97. The summed E-state index contributed by atoms with van der Waals surface area (Å²) in [5, 5.41) is 3.05. The van der Waals surface area contributed by atoms with Crippen LogP contribution in [0.2, 0.25) is 0 Å². The Balaban J connectivity index is 1.63. The molecule has 0 bridgehead atoms. The molecule has 4 rings (SSSR count). The van der Waals surface area contributed by atoms with Crippen LogP contribution in [-0.2, 0) is 24.3 Å². The molecule has 0 aliphatic rings. The Kier molecular flexibility index (Phi) is 7.05. The van der Waals surface area contributed by atoms with Crippen LogP contribution >= 0.6 is 0 Å². The van der Waals surface area contributed by atoms with E-state index >= 15 is 0 Å². The van der Waals surface area contributed by atoms with Gasteiger partial charge in [-0.15, -0.1) is 0 Å². The van der Waals surface area contributed by atoms with Crippen LogP contribution in [-0.4, -0.2) is 21.7 Å². The Bertz CT molecular complexity index is 1480. The van der Waals surface area contributed by atoms with Crippen molar-refractivity contribution in [3.05, 3.63) is 105 Å². The van der Waals surface area contributed by atoms with Crippen molar-refractivity contribution < 1.29 is 18.3 Å². The van der Waals surface area contributed by atoms with Gasteiger partial charge in [0.1, 0.15) is 12.3 Å². The largest absolute Gasteiger partial charge is 0.435 e. The van der Waals surface area contributed by atoms with Crippen LogP contribution in [0.3, 0.4) is 0 Å². The smallest absolute Gasteiger partial charge is 0.387 e. The van der Waals surface area contributed by atoms with E-state index in [0.717, 1.165) is 10.1 Å². The molecule has 0 fully saturated rings. The Morgan fingerprint density at radius 3 is 2.40 bits per heavy atom. The maximum Gasteiger partial charge on any atom is 0.387 e. The number of rotatable bonds is 8. The molecule has 1 heterocycles. The summed E-state index contributed by atoms with van der Waals surface area (Å²) in [7, 11) is 0. The van der Waals surface area contributed by atoms with Crippen LogP contribution in [0.15, 0.2) is 82.4 Å². The Morgan fingerprint density at radius 2 is 1.69 bits per heavy atom. The summed E-state index contributed by atoms with van der Waals surface area (Å²) in [6.45, 7) is -1.47. The van der Waals surface area contributed by atoms with Gasteiger partial charge in [-0.1, -0.05) is 42.5 Å². The van der Waals surface area contributed by atoms with Crippen LogP contribution in [0.1, 0.15) is 18.1 Å². The van der Waals surface area contributed by atoms with Crippen LogP contribution in [0.25, 0.3) is 10.9 Å². The summed E-state index contributed by atoms with van der Waals surface area (Å²) in [4.78, 5) is 38.4. The lowest BCUT2D eigenvalue weighted by molar-refractivity contribution is -0.116. The molecule has 0 unspecified atom stereocenters. The molecule has 0 saturated carbocycles. The van der Waals surface area contributed by atoms with Crippen molar-refractivity contribution >= 4 is 22.5 Å². The van der Waals surface area contributed by atoms with Crippen LogP contribution in [0.5, 0.6) is 5.75 Å². The summed E-state index contributed by atoms with van der Waals surface area (Å²) < 4.78 is 32.8. The highest BCUT2D eigenvalue weighted by molar-refractivity contribution is 5.92. The first-order valence-electron chi connectivity index (χ1n) is 11.0. The average Bonchev–Trinajstić information content (AvgIpc) is 2.84. The number of carbonyl (C=O) groups is 1. The topological polar surface area (TPSA) is 82.3 Å². The molecule has 0 saturated heterocycles. The second-order valence-corrected chi connectivity index (χ2v) is 7.85. The van der Waals surface area contributed by atoms with Gasteiger partial charge in [0.15, 0.2) is 0 Å². The Morgan fingerprint density at radius 1 is 0.971 bits per heavy atom. The molecule has 1 N–H and O–H groups in total. The number of alkyl halides is 2. The number of hydrogen-bond acceptors (Lipinski definition) is 4. The summed E-state index contributed by atoms with van der Waals surface area (Å²) in [5.41, 5.74) is 1.07. The fraction of sp³-hybridized carbons (Fsp3) is 0.192. The van der Waals surface area contributed by atoms with Crippen molar-refractivity contribution in [3.8, 4) is 5.75 Å². The normalized spacial score (nSPS) is 11.1. The van der Waals surface area contributed by atoms with Crippen molar-refractivity contribution in [1.82, 2.24) is 9.13 Å². The monoisotopic (exact) mass is 479 g/mol. The van der Waals surface area contributed by atoms with E-state index in [1.807, 2.05) is 30.3 Å². The van der Waals surface area contributed by atoms with Gasteiger partial charge < -0.3 is 10.1 Å². The summed E-state index contributed by atoms with van der Waals surface area (Å²) >= 11 is 0. The fourth-order valence-corrected chi connectivity index (χ4v) is 3.97. The average molecular weight is 479 g/mol. The first-order chi connectivity index (χ1) is 16.9. The zero-order chi connectivity index (χ0) is 24.9. The van der Waals surface area contributed by atoms with Crippen LogP contribution < -0.4 is 21.3 Å². The van der Waals surface area contributed by atoms with E-state index in [9.17, 15) is 23.2 Å². The second-order valence-electron chi connectivity index (χ2n) is 7.85. The molecule has 0 aliphatic heterocycles. The Labute approximate surface area is 199 Å². The molecule has 3 aromatic carbocycles. The number of anilines is 1. The van der Waals surface area contributed by atoms with Crippen molar-refractivity contribution in [2.45, 2.75) is 33.0 Å². The third kappa shape index (κ3) is 5.29. The number of carbonyl (C=O) groups excluding carboxylic acids is 1. The van der Waals surface area contributed by atoms with Crippen LogP contribution in [0.4, 0.5) is 14.5 Å². The number of ether oxygens (including phenoxy) is 1. The second kappa shape index (κ2) is 10.3. The van der Waals surface area contributed by atoms with E-state index in [1.165, 1.54) is 16.7 Å². The highest BCUT2D eigenvalue weighted by Gasteiger charge is 2.16. The lowest BCUT2D eigenvalue weighted by atomic mass is 10.0. The molecule has 1 amide bonds. The molecule has 0 radical (unpaired) electrons. The Hall–Kier alpha value is -4.27.